The van der Waals surface area contributed by atoms with Crippen molar-refractivity contribution in [3.63, 3.8) is 0 Å². The molecule has 0 saturated heterocycles. The Labute approximate surface area is 226 Å². The van der Waals surface area contributed by atoms with E-state index in [0.717, 1.165) is 54.6 Å². The van der Waals surface area contributed by atoms with Crippen LogP contribution in [0.3, 0.4) is 0 Å². The maximum absolute atomic E-state index is 11.3. The number of rotatable bonds is 7. The van der Waals surface area contributed by atoms with Crippen molar-refractivity contribution in [2.45, 2.75) is 94.4 Å². The fourth-order valence-corrected chi connectivity index (χ4v) is 5.01. The molecule has 0 saturated carbocycles. The topological polar surface area (TPSA) is 25.3 Å². The van der Waals surface area contributed by atoms with E-state index in [1.165, 1.54) is 43.7 Å². The molecule has 0 bridgehead atoms. The maximum Gasteiger partial charge on any atom is 2.00 e. The molecule has 0 radical (unpaired) electrons. The van der Waals surface area contributed by atoms with Gasteiger partial charge >= 0.3 is 16.5 Å². The summed E-state index contributed by atoms with van der Waals surface area (Å²) in [6, 6.07) is 8.92. The van der Waals surface area contributed by atoms with Crippen molar-refractivity contribution in [1.82, 2.24) is 0 Å². The minimum absolute atomic E-state index is 0. The second-order valence-corrected chi connectivity index (χ2v) is 8.70. The molecule has 0 unspecified atom stereocenters. The van der Waals surface area contributed by atoms with Gasteiger partial charge in [-0.15, -0.1) is 0 Å². The first-order valence-corrected chi connectivity index (χ1v) is 12.9. The molecule has 0 amide bonds. The summed E-state index contributed by atoms with van der Waals surface area (Å²) in [6.45, 7) is 25.3. The van der Waals surface area contributed by atoms with Crippen LogP contribution in [-0.2, 0) is 29.3 Å². The SMILES string of the molecule is CCCCC1=C(c2cc(C)c(CC)c(C)c2)[N+](=[N-])C(c2cc(C)c(CC)c(C)c2)=C1.[CH2-]C.[CH2-]C.[Ni+2]. The minimum Gasteiger partial charge on any atom is -0.493 e. The molecular formula is C32H46N2Ni. The Morgan fingerprint density at radius 1 is 0.714 bits per heavy atom. The molecule has 0 fully saturated rings. The van der Waals surface area contributed by atoms with E-state index in [-0.39, 0.29) is 16.5 Å². The molecule has 2 aromatic rings. The minimum atomic E-state index is 0. The summed E-state index contributed by atoms with van der Waals surface area (Å²) in [6.07, 6.45) is 7.51. The molecule has 0 aromatic heterocycles. The molecule has 1 heterocycles. The molecule has 1 aliphatic rings. The summed E-state index contributed by atoms with van der Waals surface area (Å²) in [4.78, 5) is 0. The van der Waals surface area contributed by atoms with Crippen molar-refractivity contribution in [2.75, 3.05) is 0 Å². The molecular weight excluding hydrogens is 471 g/mol. The molecule has 35 heavy (non-hydrogen) atoms. The molecule has 0 N–H and O–H groups in total. The van der Waals surface area contributed by atoms with Gasteiger partial charge in [0.15, 0.2) is 0 Å². The van der Waals surface area contributed by atoms with Crippen molar-refractivity contribution in [1.29, 1.82) is 0 Å². The summed E-state index contributed by atoms with van der Waals surface area (Å²) in [7, 11) is 0. The Kier molecular flexibility index (Phi) is 15.0. The van der Waals surface area contributed by atoms with Crippen LogP contribution in [0, 0.1) is 41.5 Å². The van der Waals surface area contributed by atoms with Gasteiger partial charge in [-0.1, -0.05) is 27.2 Å². The Balaban J connectivity index is 0.00000220. The average Bonchev–Trinajstić information content (AvgIpc) is 3.15. The van der Waals surface area contributed by atoms with Gasteiger partial charge in [0.25, 0.3) is 0 Å². The fraction of sp³-hybridized carbons (Fsp3) is 0.438. The van der Waals surface area contributed by atoms with Crippen molar-refractivity contribution in [3.8, 4) is 0 Å². The smallest absolute Gasteiger partial charge is 0.493 e. The zero-order chi connectivity index (χ0) is 26.0. The summed E-state index contributed by atoms with van der Waals surface area (Å²) in [5.41, 5.74) is 24.6. The molecule has 3 heteroatoms. The zero-order valence-electron chi connectivity index (χ0n) is 23.5. The van der Waals surface area contributed by atoms with Gasteiger partial charge in [0.05, 0.1) is 0 Å². The quantitative estimate of drug-likeness (QED) is 0.199. The average molecular weight is 517 g/mol. The van der Waals surface area contributed by atoms with Crippen LogP contribution in [0.25, 0.3) is 16.9 Å². The second kappa shape index (κ2) is 15.9. The third-order valence-electron chi connectivity index (χ3n) is 6.52. The van der Waals surface area contributed by atoms with Crippen LogP contribution in [0.5, 0.6) is 0 Å². The van der Waals surface area contributed by atoms with Gasteiger partial charge in [-0.2, -0.15) is 13.8 Å². The van der Waals surface area contributed by atoms with Crippen LogP contribution in [0.15, 0.2) is 35.9 Å². The molecule has 0 atom stereocenters. The van der Waals surface area contributed by atoms with Crippen LogP contribution >= 0.6 is 0 Å². The van der Waals surface area contributed by atoms with Crippen LogP contribution in [0.4, 0.5) is 0 Å². The second-order valence-electron chi connectivity index (χ2n) is 8.70. The van der Waals surface area contributed by atoms with E-state index >= 15 is 0 Å². The first kappa shape index (κ1) is 33.0. The summed E-state index contributed by atoms with van der Waals surface area (Å²) >= 11 is 0. The largest absolute Gasteiger partial charge is 2.00 e. The predicted octanol–water partition coefficient (Wildman–Crippen LogP) is 9.71. The van der Waals surface area contributed by atoms with Gasteiger partial charge < -0.3 is 19.4 Å². The normalized spacial score (nSPS) is 12.3. The Hall–Kier alpha value is -1.99. The number of unbranched alkanes of at least 4 members (excludes halogenated alkanes) is 1. The van der Waals surface area contributed by atoms with E-state index in [4.69, 9.17) is 0 Å². The van der Waals surface area contributed by atoms with Crippen molar-refractivity contribution >= 4 is 11.4 Å². The van der Waals surface area contributed by atoms with E-state index in [1.54, 1.807) is 13.8 Å². The first-order valence-electron chi connectivity index (χ1n) is 12.9. The van der Waals surface area contributed by atoms with Gasteiger partial charge in [-0.25, -0.2) is 4.70 Å². The molecule has 194 valence electrons. The third kappa shape index (κ3) is 7.50. The number of benzene rings is 2. The van der Waals surface area contributed by atoms with Gasteiger partial charge in [-0.3, -0.25) is 0 Å². The summed E-state index contributed by atoms with van der Waals surface area (Å²) in [5.74, 6) is 0. The van der Waals surface area contributed by atoms with Crippen LogP contribution in [-0.4, -0.2) is 4.70 Å². The number of hydrogen-bond donors (Lipinski definition) is 0. The van der Waals surface area contributed by atoms with Crippen LogP contribution in [0.1, 0.15) is 98.4 Å². The first-order chi connectivity index (χ1) is 16.3. The number of allylic oxidation sites excluding steroid dienone is 2. The molecule has 3 rings (SSSR count). The number of hydrogen-bond acceptors (Lipinski definition) is 0. The van der Waals surface area contributed by atoms with E-state index < -0.39 is 0 Å². The van der Waals surface area contributed by atoms with E-state index in [2.05, 4.69) is 92.7 Å². The third-order valence-corrected chi connectivity index (χ3v) is 6.52. The van der Waals surface area contributed by atoms with Gasteiger partial charge in [0.1, 0.15) is 0 Å². The van der Waals surface area contributed by atoms with E-state index in [9.17, 15) is 5.53 Å². The van der Waals surface area contributed by atoms with Gasteiger partial charge in [0, 0.05) is 22.8 Å². The molecule has 1 aliphatic heterocycles. The fourth-order valence-electron chi connectivity index (χ4n) is 5.01. The van der Waals surface area contributed by atoms with E-state index in [0.29, 0.717) is 0 Å². The van der Waals surface area contributed by atoms with Crippen molar-refractivity contribution < 1.29 is 21.2 Å². The van der Waals surface area contributed by atoms with Crippen LogP contribution < -0.4 is 0 Å². The zero-order valence-corrected chi connectivity index (χ0v) is 24.5. The molecule has 0 spiro atoms. The Bertz CT molecular complexity index is 1010. The van der Waals surface area contributed by atoms with Gasteiger partial charge in [0.2, 0.25) is 11.4 Å². The summed E-state index contributed by atoms with van der Waals surface area (Å²) in [5, 5.41) is 0. The van der Waals surface area contributed by atoms with Gasteiger partial charge in [-0.05, 0) is 111 Å². The number of nitrogens with zero attached hydrogens (tertiary/aromatic N) is 2. The van der Waals surface area contributed by atoms with E-state index in [1.807, 2.05) is 0 Å². The molecule has 2 nitrogen and oxygen atoms in total. The predicted molar refractivity (Wildman–Crippen MR) is 151 cm³/mol. The monoisotopic (exact) mass is 516 g/mol. The molecule has 0 aliphatic carbocycles. The maximum atomic E-state index is 11.3. The summed E-state index contributed by atoms with van der Waals surface area (Å²) < 4.78 is 1.44. The standard InChI is InChI=1S/C28H36N2.2C2H5.Ni/c1-8-11-12-22-17-27(23-13-18(4)25(9-2)19(5)14-23)30(29)28(22)24-15-20(6)26(10-3)21(7)16-24;2*1-2;/h13-17H,8-12H2,1-7H3;2*1H2,2H3;/q;2*-1;+2. The molecule has 2 aromatic carbocycles. The van der Waals surface area contributed by atoms with Crippen molar-refractivity contribution in [3.05, 3.63) is 99.8 Å². The Morgan fingerprint density at radius 3 is 1.49 bits per heavy atom. The van der Waals surface area contributed by atoms with Crippen LogP contribution in [0.2, 0.25) is 0 Å². The number of aryl methyl sites for hydroxylation is 4. The van der Waals surface area contributed by atoms with Crippen molar-refractivity contribution in [2.24, 2.45) is 0 Å². The Morgan fingerprint density at radius 2 is 1.11 bits per heavy atom.